The summed E-state index contributed by atoms with van der Waals surface area (Å²) in [5, 5.41) is 11.3. The van der Waals surface area contributed by atoms with Crippen molar-refractivity contribution in [3.05, 3.63) is 155 Å². The van der Waals surface area contributed by atoms with Crippen molar-refractivity contribution >= 4 is 17.3 Å². The lowest BCUT2D eigenvalue weighted by molar-refractivity contribution is 0.0890. The van der Waals surface area contributed by atoms with E-state index in [1.807, 2.05) is 0 Å². The van der Waals surface area contributed by atoms with Gasteiger partial charge in [0.05, 0.1) is 23.5 Å². The standard InChI is InChI=1S/C59H73N3/c1-7-56(29-15-11-16-30-56)46-37-41(5)38-47(57(8-2)31-17-12-18-32-57)53(46)61-51-44-27-23-25-43-26-24-28-45(50(43)44)52(51)62(55(61)60)54-48(58(9-3)33-19-13-20-34-58)39-42(6)40-49(54)59(10-4)35-21-14-22-36-59/h11-22,29,31,33,35,37-40,43-45,50-52,60H,7-10,23-28,30,32,34,36H2,1-6H3. The van der Waals surface area contributed by atoms with Gasteiger partial charge >= 0.3 is 0 Å². The van der Waals surface area contributed by atoms with Gasteiger partial charge in [-0.3, -0.25) is 5.41 Å². The summed E-state index contributed by atoms with van der Waals surface area (Å²) < 4.78 is 0. The lowest BCUT2D eigenvalue weighted by Crippen LogP contribution is -2.47. The molecule has 62 heavy (non-hydrogen) atoms. The Morgan fingerprint density at radius 1 is 0.484 bits per heavy atom. The first-order valence-corrected chi connectivity index (χ1v) is 25.0. The summed E-state index contributed by atoms with van der Waals surface area (Å²) in [5.41, 5.74) is 10.6. The molecule has 8 aliphatic rings. The molecule has 3 nitrogen and oxygen atoms in total. The van der Waals surface area contributed by atoms with Crippen LogP contribution in [0.5, 0.6) is 0 Å². The molecule has 2 aromatic rings. The number of rotatable bonds is 10. The van der Waals surface area contributed by atoms with Crippen molar-refractivity contribution in [3.8, 4) is 0 Å². The van der Waals surface area contributed by atoms with Gasteiger partial charge in [-0.1, -0.05) is 186 Å². The van der Waals surface area contributed by atoms with E-state index in [1.54, 1.807) is 0 Å². The number of allylic oxidation sites excluding steroid dienone is 16. The van der Waals surface area contributed by atoms with Crippen LogP contribution in [0.2, 0.25) is 0 Å². The first kappa shape index (κ1) is 41.6. The minimum absolute atomic E-state index is 0.144. The fourth-order valence-corrected chi connectivity index (χ4v) is 14.9. The van der Waals surface area contributed by atoms with Crippen LogP contribution < -0.4 is 9.80 Å². The van der Waals surface area contributed by atoms with Crippen LogP contribution in [0.15, 0.2) is 121 Å². The number of benzene rings is 2. The Bertz CT molecular complexity index is 2070. The Hall–Kier alpha value is -4.37. The van der Waals surface area contributed by atoms with Crippen LogP contribution in [0.4, 0.5) is 11.4 Å². The number of guanidine groups is 1. The van der Waals surface area contributed by atoms with E-state index in [-0.39, 0.29) is 33.7 Å². The molecule has 1 aliphatic heterocycles. The first-order valence-electron chi connectivity index (χ1n) is 25.0. The molecule has 3 saturated carbocycles. The summed E-state index contributed by atoms with van der Waals surface area (Å²) in [5.74, 6) is 3.39. The van der Waals surface area contributed by atoms with E-state index in [0.717, 1.165) is 63.2 Å². The highest BCUT2D eigenvalue weighted by atomic mass is 15.5. The molecule has 8 unspecified atom stereocenters. The normalized spacial score (nSPS) is 36.5. The second-order valence-corrected chi connectivity index (χ2v) is 21.0. The topological polar surface area (TPSA) is 30.3 Å². The quantitative estimate of drug-likeness (QED) is 0.259. The van der Waals surface area contributed by atoms with Gasteiger partial charge in [-0.2, -0.15) is 0 Å². The zero-order valence-electron chi connectivity index (χ0n) is 38.8. The Morgan fingerprint density at radius 2 is 0.806 bits per heavy atom. The third-order valence-electron chi connectivity index (χ3n) is 18.3. The Balaban J connectivity index is 1.31. The number of nitrogens with one attached hydrogen (secondary N) is 1. The van der Waals surface area contributed by atoms with Crippen LogP contribution in [-0.2, 0) is 21.7 Å². The molecule has 4 fully saturated rings. The number of aryl methyl sites for hydroxylation is 2. The number of hydrogen-bond acceptors (Lipinski definition) is 1. The van der Waals surface area contributed by atoms with Gasteiger partial charge in [0.1, 0.15) is 0 Å². The van der Waals surface area contributed by atoms with Crippen LogP contribution in [0.25, 0.3) is 0 Å². The van der Waals surface area contributed by atoms with E-state index in [1.165, 1.54) is 83.3 Å². The Labute approximate surface area is 374 Å². The number of hydrogen-bond donors (Lipinski definition) is 1. The smallest absolute Gasteiger partial charge is 0.203 e. The SMILES string of the molecule is CCC1(c2cc(C)cc(C3(CC)C=CC=CC3)c2N2C(=N)N(c3c(C4(CC)C=CC=CC4)cc(C)cc3C3(CC)C=CC=CC3)C3C4CCCC5CCCC(C54)C32)C=CC=CC1. The summed E-state index contributed by atoms with van der Waals surface area (Å²) in [7, 11) is 0. The Morgan fingerprint density at radius 3 is 1.08 bits per heavy atom. The molecule has 0 spiro atoms. The van der Waals surface area contributed by atoms with Crippen LogP contribution in [0.1, 0.15) is 151 Å². The zero-order chi connectivity index (χ0) is 42.9. The summed E-state index contributed by atoms with van der Waals surface area (Å²) >= 11 is 0. The molecule has 10 rings (SSSR count). The van der Waals surface area contributed by atoms with E-state index in [4.69, 9.17) is 0 Å². The molecule has 1 N–H and O–H groups in total. The molecule has 2 aromatic carbocycles. The van der Waals surface area contributed by atoms with Crippen LogP contribution >= 0.6 is 0 Å². The van der Waals surface area contributed by atoms with Crippen molar-refractivity contribution < 1.29 is 0 Å². The third kappa shape index (κ3) is 6.20. The first-order chi connectivity index (χ1) is 30.2. The molecule has 0 radical (unpaired) electrons. The van der Waals surface area contributed by atoms with E-state index in [0.29, 0.717) is 17.8 Å². The van der Waals surface area contributed by atoms with Gasteiger partial charge in [-0.05, 0) is 124 Å². The molecule has 0 aromatic heterocycles. The van der Waals surface area contributed by atoms with E-state index >= 15 is 0 Å². The van der Waals surface area contributed by atoms with Crippen molar-refractivity contribution in [2.45, 2.75) is 165 Å². The monoisotopic (exact) mass is 824 g/mol. The highest BCUT2D eigenvalue weighted by molar-refractivity contribution is 6.12. The summed E-state index contributed by atoms with van der Waals surface area (Å²) in [4.78, 5) is 5.54. The molecule has 1 saturated heterocycles. The lowest BCUT2D eigenvalue weighted by atomic mass is 9.64. The predicted octanol–water partition coefficient (Wildman–Crippen LogP) is 14.8. The zero-order valence-corrected chi connectivity index (χ0v) is 38.8. The maximum Gasteiger partial charge on any atom is 0.203 e. The minimum atomic E-state index is -0.144. The van der Waals surface area contributed by atoms with Crippen molar-refractivity contribution in [3.63, 3.8) is 0 Å². The molecule has 8 atom stereocenters. The summed E-state index contributed by atoms with van der Waals surface area (Å²) in [6.07, 6.45) is 54.1. The summed E-state index contributed by atoms with van der Waals surface area (Å²) in [6, 6.07) is 10.7. The second kappa shape index (κ2) is 16.0. The van der Waals surface area contributed by atoms with Crippen molar-refractivity contribution in [1.82, 2.24) is 0 Å². The van der Waals surface area contributed by atoms with Gasteiger partial charge in [-0.25, -0.2) is 0 Å². The van der Waals surface area contributed by atoms with E-state index < -0.39 is 0 Å². The lowest BCUT2D eigenvalue weighted by Gasteiger charge is -2.47. The van der Waals surface area contributed by atoms with Gasteiger partial charge < -0.3 is 9.80 Å². The molecule has 7 aliphatic carbocycles. The third-order valence-corrected chi connectivity index (χ3v) is 18.3. The van der Waals surface area contributed by atoms with Gasteiger partial charge in [0, 0.05) is 21.7 Å². The molecule has 324 valence electrons. The van der Waals surface area contributed by atoms with Gasteiger partial charge in [-0.15, -0.1) is 0 Å². The largest absolute Gasteiger partial charge is 0.306 e. The molecule has 1 heterocycles. The van der Waals surface area contributed by atoms with Crippen LogP contribution in [-0.4, -0.2) is 18.0 Å². The summed E-state index contributed by atoms with van der Waals surface area (Å²) in [6.45, 7) is 14.3. The molecular formula is C59H73N3. The van der Waals surface area contributed by atoms with Crippen molar-refractivity contribution in [1.29, 1.82) is 5.41 Å². The fraction of sp³-hybridized carbons (Fsp3) is 0.508. The average Bonchev–Trinajstić information content (AvgIpc) is 3.80. The highest BCUT2D eigenvalue weighted by Crippen LogP contribution is 2.63. The van der Waals surface area contributed by atoms with Crippen LogP contribution in [0, 0.1) is 42.9 Å². The second-order valence-electron chi connectivity index (χ2n) is 21.0. The maximum atomic E-state index is 11.3. The average molecular weight is 824 g/mol. The number of nitrogens with zero attached hydrogens (tertiary/aromatic N) is 2. The number of fused-ring (bicyclic) bond motifs is 3. The van der Waals surface area contributed by atoms with Crippen LogP contribution in [0.3, 0.4) is 0 Å². The van der Waals surface area contributed by atoms with Gasteiger partial charge in [0.25, 0.3) is 0 Å². The number of anilines is 2. The minimum Gasteiger partial charge on any atom is -0.306 e. The molecule has 0 bridgehead atoms. The highest BCUT2D eigenvalue weighted by Gasteiger charge is 2.65. The molecular weight excluding hydrogens is 751 g/mol. The molecule has 0 amide bonds. The Kier molecular flexibility index (Phi) is 10.7. The van der Waals surface area contributed by atoms with Gasteiger partial charge in [0.2, 0.25) is 5.96 Å². The maximum absolute atomic E-state index is 11.3. The predicted molar refractivity (Wildman–Crippen MR) is 264 cm³/mol. The fourth-order valence-electron chi connectivity index (χ4n) is 14.9. The van der Waals surface area contributed by atoms with Crippen molar-refractivity contribution in [2.75, 3.05) is 9.80 Å². The molecule has 3 heteroatoms. The van der Waals surface area contributed by atoms with E-state index in [2.05, 4.69) is 173 Å². The van der Waals surface area contributed by atoms with E-state index in [9.17, 15) is 5.41 Å². The van der Waals surface area contributed by atoms with Gasteiger partial charge in [0.15, 0.2) is 0 Å². The van der Waals surface area contributed by atoms with Crippen molar-refractivity contribution in [2.24, 2.45) is 23.7 Å².